The third kappa shape index (κ3) is 4.84. The summed E-state index contributed by atoms with van der Waals surface area (Å²) in [6, 6.07) is 0. The lowest BCUT2D eigenvalue weighted by atomic mass is 9.95. The monoisotopic (exact) mass is 395 g/mol. The van der Waals surface area contributed by atoms with Gasteiger partial charge in [-0.15, -0.1) is 0 Å². The van der Waals surface area contributed by atoms with Crippen molar-refractivity contribution in [3.8, 4) is 0 Å². The van der Waals surface area contributed by atoms with E-state index in [9.17, 15) is 9.59 Å². The van der Waals surface area contributed by atoms with Crippen molar-refractivity contribution >= 4 is 18.3 Å². The van der Waals surface area contributed by atoms with Crippen LogP contribution in [0, 0.1) is 17.3 Å². The first-order chi connectivity index (χ1) is 13.5. The van der Waals surface area contributed by atoms with Gasteiger partial charge in [-0.25, -0.2) is 0 Å². The van der Waals surface area contributed by atoms with Crippen LogP contribution in [-0.2, 0) is 14.4 Å². The van der Waals surface area contributed by atoms with Crippen LogP contribution in [0.25, 0.3) is 0 Å². The lowest BCUT2D eigenvalue weighted by Gasteiger charge is -2.33. The predicted molar refractivity (Wildman–Crippen MR) is 102 cm³/mol. The van der Waals surface area contributed by atoms with Gasteiger partial charge < -0.3 is 24.9 Å². The fourth-order valence-electron chi connectivity index (χ4n) is 4.79. The lowest BCUT2D eigenvalue weighted by Crippen LogP contribution is -2.44. The zero-order chi connectivity index (χ0) is 20.1. The van der Waals surface area contributed by atoms with E-state index in [1.54, 1.807) is 0 Å². The van der Waals surface area contributed by atoms with Crippen molar-refractivity contribution in [1.82, 2.24) is 14.7 Å². The van der Waals surface area contributed by atoms with Crippen molar-refractivity contribution in [3.63, 3.8) is 0 Å². The number of β-amino-alcohol motifs (C(OH)–C–C–N with tert-alkyl or cyclic N) is 1. The molecule has 4 rings (SSSR count). The van der Waals surface area contributed by atoms with E-state index in [1.807, 2.05) is 9.80 Å². The summed E-state index contributed by atoms with van der Waals surface area (Å²) in [7, 11) is 0. The maximum Gasteiger partial charge on any atom is 0.290 e. The van der Waals surface area contributed by atoms with Gasteiger partial charge in [-0.1, -0.05) is 0 Å². The highest BCUT2D eigenvalue weighted by molar-refractivity contribution is 5.84. The van der Waals surface area contributed by atoms with E-state index in [0.29, 0.717) is 36.9 Å². The van der Waals surface area contributed by atoms with Gasteiger partial charge in [0.1, 0.15) is 0 Å². The standard InChI is InChI=1S/C19H31N3O3.CH2O2/c23-13-12-20-8-2-15(3-9-20)17(24)21-6-1-7-22(11-10-21)18(25)16-14-19(16)4-5-19;2-1-3/h15-16,23H,1-14H2;1H,(H,2,3). The zero-order valence-electron chi connectivity index (χ0n) is 16.6. The smallest absolute Gasteiger partial charge is 0.290 e. The molecule has 2 heterocycles. The molecule has 158 valence electrons. The fourth-order valence-corrected chi connectivity index (χ4v) is 4.79. The van der Waals surface area contributed by atoms with E-state index in [0.717, 1.165) is 51.9 Å². The van der Waals surface area contributed by atoms with Crippen molar-refractivity contribution in [1.29, 1.82) is 0 Å². The largest absolute Gasteiger partial charge is 0.483 e. The molecular weight excluding hydrogens is 362 g/mol. The highest BCUT2D eigenvalue weighted by Gasteiger charge is 2.66. The van der Waals surface area contributed by atoms with E-state index >= 15 is 0 Å². The molecule has 2 N–H and O–H groups in total. The first-order valence-electron chi connectivity index (χ1n) is 10.5. The molecule has 0 aromatic heterocycles. The predicted octanol–water partition coefficient (Wildman–Crippen LogP) is 0.253. The maximum atomic E-state index is 12.9. The minimum absolute atomic E-state index is 0.121. The molecule has 2 aliphatic heterocycles. The second-order valence-electron chi connectivity index (χ2n) is 8.57. The average molecular weight is 396 g/mol. The summed E-state index contributed by atoms with van der Waals surface area (Å²) in [5.41, 5.74) is 0.418. The van der Waals surface area contributed by atoms with E-state index in [2.05, 4.69) is 4.90 Å². The van der Waals surface area contributed by atoms with Gasteiger partial charge in [-0.3, -0.25) is 14.4 Å². The number of likely N-dealkylation sites (tertiary alicyclic amines) is 1. The Hall–Kier alpha value is -1.67. The number of carbonyl (C=O) groups is 3. The summed E-state index contributed by atoms with van der Waals surface area (Å²) in [5.74, 6) is 1.05. The number of amides is 2. The van der Waals surface area contributed by atoms with Crippen molar-refractivity contribution in [2.24, 2.45) is 17.3 Å². The number of hydrogen-bond donors (Lipinski definition) is 2. The van der Waals surface area contributed by atoms with Crippen LogP contribution in [0.1, 0.15) is 38.5 Å². The highest BCUT2D eigenvalue weighted by atomic mass is 16.3. The van der Waals surface area contributed by atoms with E-state index in [1.165, 1.54) is 12.8 Å². The first-order valence-corrected chi connectivity index (χ1v) is 10.5. The molecule has 2 saturated carbocycles. The van der Waals surface area contributed by atoms with Gasteiger partial charge in [0.05, 0.1) is 6.61 Å². The Morgan fingerprint density at radius 2 is 1.54 bits per heavy atom. The van der Waals surface area contributed by atoms with Crippen molar-refractivity contribution < 1.29 is 24.6 Å². The summed E-state index contributed by atoms with van der Waals surface area (Å²) in [6.07, 6.45) is 6.29. The zero-order valence-corrected chi connectivity index (χ0v) is 16.6. The molecule has 8 heteroatoms. The molecule has 1 spiro atoms. The van der Waals surface area contributed by atoms with E-state index in [4.69, 9.17) is 15.0 Å². The van der Waals surface area contributed by atoms with Gasteiger partial charge in [0, 0.05) is 44.6 Å². The summed E-state index contributed by atoms with van der Waals surface area (Å²) in [4.78, 5) is 40.1. The Bertz CT molecular complexity index is 572. The number of nitrogens with zero attached hydrogens (tertiary/aromatic N) is 3. The molecule has 2 aliphatic carbocycles. The Balaban J connectivity index is 0.000000706. The van der Waals surface area contributed by atoms with Gasteiger partial charge in [0.25, 0.3) is 6.47 Å². The second-order valence-corrected chi connectivity index (χ2v) is 8.57. The van der Waals surface area contributed by atoms with Crippen LogP contribution < -0.4 is 0 Å². The number of carboxylic acid groups (broad SMARTS) is 1. The number of rotatable bonds is 4. The van der Waals surface area contributed by atoms with Crippen molar-refractivity contribution in [2.75, 3.05) is 52.4 Å². The summed E-state index contributed by atoms with van der Waals surface area (Å²) >= 11 is 0. The van der Waals surface area contributed by atoms with Gasteiger partial charge >= 0.3 is 0 Å². The highest BCUT2D eigenvalue weighted by Crippen LogP contribution is 2.70. The molecule has 4 fully saturated rings. The molecule has 1 atom stereocenters. The normalized spacial score (nSPS) is 26.8. The fraction of sp³-hybridized carbons (Fsp3) is 0.850. The number of aliphatic hydroxyl groups is 1. The average Bonchev–Trinajstić information content (AvgIpc) is 3.61. The molecule has 1 unspecified atom stereocenters. The number of hydrogen-bond acceptors (Lipinski definition) is 5. The Morgan fingerprint density at radius 3 is 2.04 bits per heavy atom. The molecule has 0 radical (unpaired) electrons. The molecule has 2 saturated heterocycles. The molecule has 0 bridgehead atoms. The maximum absolute atomic E-state index is 12.9. The van der Waals surface area contributed by atoms with Crippen LogP contribution in [-0.4, -0.2) is 95.6 Å². The summed E-state index contributed by atoms with van der Waals surface area (Å²) < 4.78 is 0. The van der Waals surface area contributed by atoms with Crippen LogP contribution in [0.4, 0.5) is 0 Å². The van der Waals surface area contributed by atoms with E-state index < -0.39 is 0 Å². The van der Waals surface area contributed by atoms with Crippen LogP contribution >= 0.6 is 0 Å². The van der Waals surface area contributed by atoms with Gasteiger partial charge in [-0.05, 0) is 57.0 Å². The number of aliphatic hydroxyl groups excluding tert-OH is 1. The SMILES string of the molecule is O=C(C1CCN(CCO)CC1)N1CCCN(C(=O)C2CC23CC3)CC1.O=CO. The third-order valence-corrected chi connectivity index (χ3v) is 6.85. The Kier molecular flexibility index (Phi) is 6.93. The third-order valence-electron chi connectivity index (χ3n) is 6.85. The Labute approximate surface area is 166 Å². The van der Waals surface area contributed by atoms with Gasteiger partial charge in [0.2, 0.25) is 11.8 Å². The molecule has 0 aromatic rings. The molecule has 0 aromatic carbocycles. The number of carbonyl (C=O) groups excluding carboxylic acids is 2. The lowest BCUT2D eigenvalue weighted by molar-refractivity contribution is -0.138. The van der Waals surface area contributed by atoms with Crippen LogP contribution in [0.3, 0.4) is 0 Å². The molecule has 28 heavy (non-hydrogen) atoms. The van der Waals surface area contributed by atoms with Crippen LogP contribution in [0.5, 0.6) is 0 Å². The van der Waals surface area contributed by atoms with Gasteiger partial charge in [0.15, 0.2) is 0 Å². The second kappa shape index (κ2) is 9.22. The Morgan fingerprint density at radius 1 is 0.964 bits per heavy atom. The van der Waals surface area contributed by atoms with Crippen molar-refractivity contribution in [2.45, 2.75) is 38.5 Å². The minimum atomic E-state index is -0.250. The minimum Gasteiger partial charge on any atom is -0.483 e. The summed E-state index contributed by atoms with van der Waals surface area (Å²) in [5, 5.41) is 15.9. The van der Waals surface area contributed by atoms with Crippen LogP contribution in [0.15, 0.2) is 0 Å². The quantitative estimate of drug-likeness (QED) is 0.662. The molecule has 8 nitrogen and oxygen atoms in total. The van der Waals surface area contributed by atoms with Crippen LogP contribution in [0.2, 0.25) is 0 Å². The molecule has 4 aliphatic rings. The summed E-state index contributed by atoms with van der Waals surface area (Å²) in [6.45, 7) is 5.46. The van der Waals surface area contributed by atoms with Crippen molar-refractivity contribution in [3.05, 3.63) is 0 Å². The molecule has 2 amide bonds. The van der Waals surface area contributed by atoms with E-state index in [-0.39, 0.29) is 24.9 Å². The topological polar surface area (TPSA) is 101 Å². The first kappa shape index (κ1) is 21.0. The molecular formula is C20H33N3O5. The van der Waals surface area contributed by atoms with Gasteiger partial charge in [-0.2, -0.15) is 0 Å². The number of piperidine rings is 1.